The lowest BCUT2D eigenvalue weighted by molar-refractivity contribution is 0.158. The number of imidazole rings is 1. The summed E-state index contributed by atoms with van der Waals surface area (Å²) >= 11 is 0. The quantitative estimate of drug-likeness (QED) is 0.914. The van der Waals surface area contributed by atoms with Crippen molar-refractivity contribution in [1.82, 2.24) is 19.2 Å². The smallest absolute Gasteiger partial charge is 0.243 e. The zero-order valence-corrected chi connectivity index (χ0v) is 13.6. The summed E-state index contributed by atoms with van der Waals surface area (Å²) in [6.07, 6.45) is 6.37. The number of aromatic nitrogens is 2. The Morgan fingerprint density at radius 2 is 1.78 bits per heavy atom. The van der Waals surface area contributed by atoms with E-state index in [2.05, 4.69) is 10.3 Å². The summed E-state index contributed by atoms with van der Waals surface area (Å²) in [6, 6.07) is 7.02. The van der Waals surface area contributed by atoms with Gasteiger partial charge >= 0.3 is 0 Å². The van der Waals surface area contributed by atoms with Gasteiger partial charge in [0, 0.05) is 31.2 Å². The average Bonchev–Trinajstić information content (AvgIpc) is 3.09. The van der Waals surface area contributed by atoms with Crippen LogP contribution in [0.15, 0.2) is 47.9 Å². The van der Waals surface area contributed by atoms with Crippen LogP contribution < -0.4 is 5.32 Å². The molecule has 0 aliphatic carbocycles. The van der Waals surface area contributed by atoms with Crippen LogP contribution in [-0.2, 0) is 10.0 Å². The van der Waals surface area contributed by atoms with Gasteiger partial charge in [-0.25, -0.2) is 13.4 Å². The molecule has 2 atom stereocenters. The number of hydrogen-bond donors (Lipinski definition) is 1. The molecule has 2 aliphatic heterocycles. The number of nitrogens with one attached hydrogen (secondary N) is 1. The molecule has 0 radical (unpaired) electrons. The lowest BCUT2D eigenvalue weighted by Crippen LogP contribution is -2.52. The predicted octanol–water partition coefficient (Wildman–Crippen LogP) is 1.10. The van der Waals surface area contributed by atoms with Crippen molar-refractivity contribution in [2.75, 3.05) is 26.2 Å². The SMILES string of the molecule is O=S(=O)(c1ccc(-n2ccnc2)cc1)N1CC2CNCC(C2)C1. The highest BCUT2D eigenvalue weighted by molar-refractivity contribution is 7.89. The number of piperidine rings is 2. The summed E-state index contributed by atoms with van der Waals surface area (Å²) in [5.41, 5.74) is 0.904. The molecular formula is C16H20N4O2S. The van der Waals surface area contributed by atoms with Crippen molar-refractivity contribution in [2.45, 2.75) is 11.3 Å². The van der Waals surface area contributed by atoms with Crippen LogP contribution in [0.1, 0.15) is 6.42 Å². The maximum absolute atomic E-state index is 12.9. The van der Waals surface area contributed by atoms with Gasteiger partial charge in [-0.3, -0.25) is 0 Å². The van der Waals surface area contributed by atoms with Crippen molar-refractivity contribution in [2.24, 2.45) is 11.8 Å². The lowest BCUT2D eigenvalue weighted by Gasteiger charge is -2.40. The van der Waals surface area contributed by atoms with Crippen molar-refractivity contribution in [1.29, 1.82) is 0 Å². The van der Waals surface area contributed by atoms with Gasteiger partial charge in [-0.1, -0.05) is 0 Å². The fourth-order valence-electron chi connectivity index (χ4n) is 3.61. The van der Waals surface area contributed by atoms with E-state index in [1.54, 1.807) is 29.0 Å². The van der Waals surface area contributed by atoms with Crippen LogP contribution in [0.2, 0.25) is 0 Å². The minimum absolute atomic E-state index is 0.370. The van der Waals surface area contributed by atoms with E-state index in [1.807, 2.05) is 22.9 Å². The van der Waals surface area contributed by atoms with Gasteiger partial charge in [-0.2, -0.15) is 4.31 Å². The maximum atomic E-state index is 12.9. The molecule has 23 heavy (non-hydrogen) atoms. The van der Waals surface area contributed by atoms with Gasteiger partial charge in [0.15, 0.2) is 0 Å². The molecule has 2 bridgehead atoms. The first-order chi connectivity index (χ1) is 11.1. The highest BCUT2D eigenvalue weighted by Crippen LogP contribution is 2.29. The molecule has 1 N–H and O–H groups in total. The second-order valence-corrected chi connectivity index (χ2v) is 8.35. The van der Waals surface area contributed by atoms with E-state index in [1.165, 1.54) is 0 Å². The van der Waals surface area contributed by atoms with Crippen LogP contribution in [0.25, 0.3) is 5.69 Å². The summed E-state index contributed by atoms with van der Waals surface area (Å²) in [7, 11) is -3.41. The van der Waals surface area contributed by atoms with E-state index in [4.69, 9.17) is 0 Å². The molecule has 2 fully saturated rings. The van der Waals surface area contributed by atoms with E-state index in [0.29, 0.717) is 29.8 Å². The predicted molar refractivity (Wildman–Crippen MR) is 86.8 cm³/mol. The molecule has 2 unspecified atom stereocenters. The van der Waals surface area contributed by atoms with Crippen LogP contribution in [0.5, 0.6) is 0 Å². The number of nitrogens with zero attached hydrogens (tertiary/aromatic N) is 3. The van der Waals surface area contributed by atoms with Gasteiger partial charge in [0.1, 0.15) is 0 Å². The monoisotopic (exact) mass is 332 g/mol. The Kier molecular flexibility index (Phi) is 3.71. The van der Waals surface area contributed by atoms with Gasteiger partial charge in [0.25, 0.3) is 0 Å². The van der Waals surface area contributed by atoms with Crippen LogP contribution >= 0.6 is 0 Å². The van der Waals surface area contributed by atoms with Gasteiger partial charge in [0.2, 0.25) is 10.0 Å². The van der Waals surface area contributed by atoms with E-state index in [0.717, 1.165) is 25.2 Å². The van der Waals surface area contributed by atoms with Crippen molar-refractivity contribution >= 4 is 10.0 Å². The topological polar surface area (TPSA) is 67.2 Å². The Morgan fingerprint density at radius 1 is 1.09 bits per heavy atom. The van der Waals surface area contributed by atoms with Crippen molar-refractivity contribution in [3.05, 3.63) is 43.0 Å². The summed E-state index contributed by atoms with van der Waals surface area (Å²) < 4.78 is 29.3. The Hall–Kier alpha value is -1.70. The second-order valence-electron chi connectivity index (χ2n) is 6.41. The minimum Gasteiger partial charge on any atom is -0.316 e. The molecule has 3 heterocycles. The van der Waals surface area contributed by atoms with Crippen LogP contribution in [-0.4, -0.2) is 48.5 Å². The van der Waals surface area contributed by atoms with E-state index >= 15 is 0 Å². The van der Waals surface area contributed by atoms with Crippen molar-refractivity contribution < 1.29 is 8.42 Å². The van der Waals surface area contributed by atoms with E-state index in [9.17, 15) is 8.42 Å². The zero-order valence-electron chi connectivity index (χ0n) is 12.8. The van der Waals surface area contributed by atoms with Gasteiger partial charge in [0.05, 0.1) is 11.2 Å². The number of rotatable bonds is 3. The third-order valence-electron chi connectivity index (χ3n) is 4.73. The molecule has 4 rings (SSSR count). The third kappa shape index (κ3) is 2.80. The molecule has 6 nitrogen and oxygen atoms in total. The standard InChI is InChI=1S/C16H20N4O2S/c21-23(22,20-10-13-7-14(11-20)9-18-8-13)16-3-1-15(2-4-16)19-6-5-17-12-19/h1-6,12-14,18H,7-11H2. The third-order valence-corrected chi connectivity index (χ3v) is 6.58. The van der Waals surface area contributed by atoms with E-state index < -0.39 is 10.0 Å². The molecule has 0 spiro atoms. The van der Waals surface area contributed by atoms with E-state index in [-0.39, 0.29) is 0 Å². The fourth-order valence-corrected chi connectivity index (χ4v) is 5.20. The molecule has 1 aromatic heterocycles. The summed E-state index contributed by atoms with van der Waals surface area (Å²) in [5.74, 6) is 0.866. The Balaban J connectivity index is 1.58. The average molecular weight is 332 g/mol. The number of benzene rings is 1. The van der Waals surface area contributed by atoms with Crippen LogP contribution in [0, 0.1) is 11.8 Å². The summed E-state index contributed by atoms with van der Waals surface area (Å²) in [4.78, 5) is 4.38. The van der Waals surface area contributed by atoms with Crippen molar-refractivity contribution in [3.63, 3.8) is 0 Å². The highest BCUT2D eigenvalue weighted by atomic mass is 32.2. The zero-order chi connectivity index (χ0) is 15.9. The Bertz CT molecular complexity index is 759. The fraction of sp³-hybridized carbons (Fsp3) is 0.438. The molecular weight excluding hydrogens is 312 g/mol. The molecule has 122 valence electrons. The minimum atomic E-state index is -3.41. The number of hydrogen-bond acceptors (Lipinski definition) is 4. The van der Waals surface area contributed by atoms with Crippen molar-refractivity contribution in [3.8, 4) is 5.69 Å². The molecule has 0 saturated carbocycles. The summed E-state index contributed by atoms with van der Waals surface area (Å²) in [5, 5.41) is 3.39. The molecule has 1 aromatic carbocycles. The summed E-state index contributed by atoms with van der Waals surface area (Å²) in [6.45, 7) is 3.08. The lowest BCUT2D eigenvalue weighted by atomic mass is 9.87. The Labute approximate surface area is 136 Å². The van der Waals surface area contributed by atoms with Crippen LogP contribution in [0.4, 0.5) is 0 Å². The van der Waals surface area contributed by atoms with Gasteiger partial charge in [-0.05, 0) is 55.6 Å². The molecule has 7 heteroatoms. The highest BCUT2D eigenvalue weighted by Gasteiger charge is 2.36. The largest absolute Gasteiger partial charge is 0.316 e. The van der Waals surface area contributed by atoms with Gasteiger partial charge in [-0.15, -0.1) is 0 Å². The van der Waals surface area contributed by atoms with Crippen LogP contribution in [0.3, 0.4) is 0 Å². The molecule has 2 aromatic rings. The number of fused-ring (bicyclic) bond motifs is 2. The first-order valence-electron chi connectivity index (χ1n) is 7.92. The molecule has 2 saturated heterocycles. The first kappa shape index (κ1) is 14.9. The Morgan fingerprint density at radius 3 is 2.39 bits per heavy atom. The molecule has 2 aliphatic rings. The maximum Gasteiger partial charge on any atom is 0.243 e. The molecule has 0 amide bonds. The second kappa shape index (κ2) is 5.74. The van der Waals surface area contributed by atoms with Gasteiger partial charge < -0.3 is 9.88 Å². The number of sulfonamides is 1. The first-order valence-corrected chi connectivity index (χ1v) is 9.36. The normalized spacial score (nSPS) is 25.4.